The van der Waals surface area contributed by atoms with Gasteiger partial charge in [-0.3, -0.25) is 0 Å². The minimum Gasteiger partial charge on any atom is -0.326 e. The molecule has 0 aliphatic carbocycles. The first-order valence-electron chi connectivity index (χ1n) is 6.27. The molecule has 0 aliphatic rings. The second-order valence-electron chi connectivity index (χ2n) is 4.54. The van der Waals surface area contributed by atoms with E-state index >= 15 is 0 Å². The number of benzene rings is 1. The fraction of sp³-hybridized carbons (Fsp3) is 0.133. The molecule has 0 atom stereocenters. The monoisotopic (exact) mass is 252 g/mol. The molecule has 2 N–H and O–H groups in total. The molecule has 0 radical (unpaired) electrons. The molecule has 0 bridgehead atoms. The van der Waals surface area contributed by atoms with Gasteiger partial charge in [-0.1, -0.05) is 17.7 Å². The summed E-state index contributed by atoms with van der Waals surface area (Å²) in [4.78, 5) is 0. The summed E-state index contributed by atoms with van der Waals surface area (Å²) in [6.45, 7) is 2.55. The van der Waals surface area contributed by atoms with Crippen LogP contribution in [-0.4, -0.2) is 14.3 Å². The number of aromatic nitrogens is 3. The zero-order valence-corrected chi connectivity index (χ0v) is 10.8. The number of hydrogen-bond acceptors (Lipinski definition) is 2. The highest BCUT2D eigenvalue weighted by atomic mass is 15.3. The van der Waals surface area contributed by atoms with Crippen molar-refractivity contribution in [1.82, 2.24) is 14.3 Å². The van der Waals surface area contributed by atoms with Gasteiger partial charge in [0, 0.05) is 24.5 Å². The van der Waals surface area contributed by atoms with E-state index in [9.17, 15) is 0 Å². The molecule has 4 nitrogen and oxygen atoms in total. The van der Waals surface area contributed by atoms with Crippen LogP contribution in [0.2, 0.25) is 0 Å². The number of nitrogens with zero attached hydrogens (tertiary/aromatic N) is 3. The zero-order valence-electron chi connectivity index (χ0n) is 10.8. The summed E-state index contributed by atoms with van der Waals surface area (Å²) in [6.07, 6.45) is 5.83. The van der Waals surface area contributed by atoms with Crippen molar-refractivity contribution < 1.29 is 0 Å². The summed E-state index contributed by atoms with van der Waals surface area (Å²) in [7, 11) is 0. The van der Waals surface area contributed by atoms with Crippen molar-refractivity contribution in [3.63, 3.8) is 0 Å². The first-order valence-corrected chi connectivity index (χ1v) is 6.27. The van der Waals surface area contributed by atoms with Gasteiger partial charge >= 0.3 is 0 Å². The molecule has 1 aromatic carbocycles. The first-order chi connectivity index (χ1) is 9.29. The molecule has 2 aromatic heterocycles. The van der Waals surface area contributed by atoms with Crippen molar-refractivity contribution in [2.24, 2.45) is 5.73 Å². The van der Waals surface area contributed by atoms with Gasteiger partial charge in [-0.2, -0.15) is 5.10 Å². The minimum absolute atomic E-state index is 0.472. The van der Waals surface area contributed by atoms with Gasteiger partial charge in [-0.25, -0.2) is 4.68 Å². The Hall–Kier alpha value is -2.33. The smallest absolute Gasteiger partial charge is 0.144 e. The van der Waals surface area contributed by atoms with Crippen LogP contribution in [0.15, 0.2) is 55.0 Å². The number of nitrogens with two attached hydrogens (primary N) is 1. The molecule has 0 spiro atoms. The minimum atomic E-state index is 0.472. The van der Waals surface area contributed by atoms with E-state index in [2.05, 4.69) is 36.3 Å². The van der Waals surface area contributed by atoms with E-state index in [4.69, 9.17) is 5.73 Å². The molecule has 2 heterocycles. The summed E-state index contributed by atoms with van der Waals surface area (Å²) in [6, 6.07) is 12.3. The van der Waals surface area contributed by atoms with Crippen LogP contribution in [0.25, 0.3) is 11.5 Å². The van der Waals surface area contributed by atoms with E-state index in [1.54, 1.807) is 0 Å². The van der Waals surface area contributed by atoms with Gasteiger partial charge in [0.15, 0.2) is 0 Å². The van der Waals surface area contributed by atoms with Crippen LogP contribution in [0.4, 0.5) is 0 Å². The van der Waals surface area contributed by atoms with Crippen LogP contribution in [0.3, 0.4) is 0 Å². The predicted molar refractivity (Wildman–Crippen MR) is 75.5 cm³/mol. The van der Waals surface area contributed by atoms with Gasteiger partial charge in [0.2, 0.25) is 0 Å². The van der Waals surface area contributed by atoms with E-state index in [0.29, 0.717) is 6.54 Å². The molecule has 0 fully saturated rings. The maximum Gasteiger partial charge on any atom is 0.144 e. The van der Waals surface area contributed by atoms with Gasteiger partial charge in [0.25, 0.3) is 0 Å². The molecule has 19 heavy (non-hydrogen) atoms. The van der Waals surface area contributed by atoms with Gasteiger partial charge in [0.1, 0.15) is 5.82 Å². The summed E-state index contributed by atoms with van der Waals surface area (Å²) in [5, 5.41) is 4.46. The highest BCUT2D eigenvalue weighted by Crippen LogP contribution is 2.19. The summed E-state index contributed by atoms with van der Waals surface area (Å²) in [5.74, 6) is 0.997. The summed E-state index contributed by atoms with van der Waals surface area (Å²) >= 11 is 0. The van der Waals surface area contributed by atoms with Crippen LogP contribution in [0, 0.1) is 6.92 Å². The molecular formula is C15H16N4. The van der Waals surface area contributed by atoms with Crippen molar-refractivity contribution in [3.05, 3.63) is 66.1 Å². The molecule has 3 aromatic rings. The maximum atomic E-state index is 5.81. The summed E-state index contributed by atoms with van der Waals surface area (Å²) < 4.78 is 3.96. The second kappa shape index (κ2) is 4.74. The van der Waals surface area contributed by atoms with E-state index in [1.807, 2.05) is 40.0 Å². The maximum absolute atomic E-state index is 5.81. The van der Waals surface area contributed by atoms with Crippen molar-refractivity contribution in [3.8, 4) is 11.5 Å². The number of aryl methyl sites for hydroxylation is 1. The molecule has 0 aliphatic heterocycles. The Kier molecular flexibility index (Phi) is 2.93. The van der Waals surface area contributed by atoms with Crippen molar-refractivity contribution >= 4 is 0 Å². The van der Waals surface area contributed by atoms with Crippen LogP contribution in [-0.2, 0) is 6.54 Å². The Morgan fingerprint density at radius 3 is 2.42 bits per heavy atom. The number of rotatable bonds is 3. The predicted octanol–water partition coefficient (Wildman–Crippen LogP) is 2.43. The molecule has 0 unspecified atom stereocenters. The topological polar surface area (TPSA) is 48.8 Å². The third-order valence-electron chi connectivity index (χ3n) is 3.16. The molecule has 0 amide bonds. The standard InChI is InChI=1S/C15H16N4/c1-12-4-6-14(7-5-12)19-15(13(10-16)11-17-19)18-8-2-3-9-18/h2-9,11H,10,16H2,1H3. The Balaban J connectivity index is 2.17. The van der Waals surface area contributed by atoms with E-state index < -0.39 is 0 Å². The van der Waals surface area contributed by atoms with E-state index in [-0.39, 0.29) is 0 Å². The molecule has 0 saturated carbocycles. The van der Waals surface area contributed by atoms with Crippen LogP contribution in [0.5, 0.6) is 0 Å². The fourth-order valence-corrected chi connectivity index (χ4v) is 2.15. The normalized spacial score (nSPS) is 10.8. The van der Waals surface area contributed by atoms with Gasteiger partial charge in [0.05, 0.1) is 11.9 Å². The quantitative estimate of drug-likeness (QED) is 0.778. The van der Waals surface area contributed by atoms with Gasteiger partial charge in [-0.05, 0) is 31.2 Å². The molecular weight excluding hydrogens is 236 g/mol. The van der Waals surface area contributed by atoms with Gasteiger partial charge < -0.3 is 10.3 Å². The van der Waals surface area contributed by atoms with Gasteiger partial charge in [-0.15, -0.1) is 0 Å². The Morgan fingerprint density at radius 1 is 1.11 bits per heavy atom. The summed E-state index contributed by atoms with van der Waals surface area (Å²) in [5.41, 5.74) is 9.10. The lowest BCUT2D eigenvalue weighted by Gasteiger charge is -2.10. The largest absolute Gasteiger partial charge is 0.326 e. The molecule has 96 valence electrons. The van der Waals surface area contributed by atoms with Crippen molar-refractivity contribution in [1.29, 1.82) is 0 Å². The molecule has 3 rings (SSSR count). The van der Waals surface area contributed by atoms with E-state index in [1.165, 1.54) is 5.56 Å². The third kappa shape index (κ3) is 2.06. The van der Waals surface area contributed by atoms with E-state index in [0.717, 1.165) is 17.1 Å². The van der Waals surface area contributed by atoms with Crippen molar-refractivity contribution in [2.75, 3.05) is 0 Å². The lowest BCUT2D eigenvalue weighted by molar-refractivity contribution is 0.818. The Bertz CT molecular complexity index is 663. The zero-order chi connectivity index (χ0) is 13.2. The molecule has 0 saturated heterocycles. The fourth-order valence-electron chi connectivity index (χ4n) is 2.15. The van der Waals surface area contributed by atoms with Crippen molar-refractivity contribution in [2.45, 2.75) is 13.5 Å². The average Bonchev–Trinajstić information content (AvgIpc) is 3.07. The first kappa shape index (κ1) is 11.7. The lowest BCUT2D eigenvalue weighted by atomic mass is 10.2. The van der Waals surface area contributed by atoms with Crippen LogP contribution >= 0.6 is 0 Å². The Labute approximate surface area is 112 Å². The Morgan fingerprint density at radius 2 is 1.79 bits per heavy atom. The lowest BCUT2D eigenvalue weighted by Crippen LogP contribution is -2.07. The second-order valence-corrected chi connectivity index (χ2v) is 4.54. The average molecular weight is 252 g/mol. The highest BCUT2D eigenvalue weighted by Gasteiger charge is 2.12. The SMILES string of the molecule is Cc1ccc(-n2ncc(CN)c2-n2cccc2)cc1. The van der Waals surface area contributed by atoms with Crippen LogP contribution < -0.4 is 5.73 Å². The van der Waals surface area contributed by atoms with Crippen LogP contribution in [0.1, 0.15) is 11.1 Å². The highest BCUT2D eigenvalue weighted by molar-refractivity contribution is 5.44. The number of hydrogen-bond donors (Lipinski definition) is 1. The third-order valence-corrected chi connectivity index (χ3v) is 3.16. The molecule has 4 heteroatoms.